The van der Waals surface area contributed by atoms with Crippen LogP contribution in [0.1, 0.15) is 68.2 Å². The summed E-state index contributed by atoms with van der Waals surface area (Å²) in [5.74, 6) is 5.56. The van der Waals surface area contributed by atoms with Crippen molar-refractivity contribution in [2.45, 2.75) is 57.3 Å². The van der Waals surface area contributed by atoms with Crippen LogP contribution in [-0.2, 0) is 12.5 Å². The third kappa shape index (κ3) is 1.94. The molecule has 0 radical (unpaired) electrons. The van der Waals surface area contributed by atoms with Crippen LogP contribution in [0, 0.1) is 17.8 Å². The second-order valence-corrected chi connectivity index (χ2v) is 9.51. The molecule has 4 bridgehead atoms. The number of rotatable bonds is 4. The number of carbonyl (C=O) groups is 1. The summed E-state index contributed by atoms with van der Waals surface area (Å²) >= 11 is 0. The van der Waals surface area contributed by atoms with Gasteiger partial charge in [-0.1, -0.05) is 13.3 Å². The number of aromatic nitrogens is 2. The maximum Gasteiger partial charge on any atom is 0.281 e. The molecule has 0 aromatic carbocycles. The fraction of sp³-hybridized carbons (Fsp3) is 0.762. The average molecular weight is 367 g/mol. The number of hydrogen-bond acceptors (Lipinski definition) is 4. The Bertz CT molecular complexity index is 841. The molecule has 3 heterocycles. The molecule has 27 heavy (non-hydrogen) atoms. The normalized spacial score (nSPS) is 35.9. The lowest BCUT2D eigenvalue weighted by Gasteiger charge is -2.33. The van der Waals surface area contributed by atoms with Gasteiger partial charge in [0.1, 0.15) is 5.82 Å². The zero-order chi connectivity index (χ0) is 18.3. The van der Waals surface area contributed by atoms with Crippen molar-refractivity contribution in [1.82, 2.24) is 14.5 Å². The van der Waals surface area contributed by atoms with Crippen LogP contribution in [0.25, 0.3) is 0 Å². The second-order valence-electron chi connectivity index (χ2n) is 9.51. The van der Waals surface area contributed by atoms with Crippen LogP contribution < -0.4 is 4.90 Å². The van der Waals surface area contributed by atoms with E-state index in [-0.39, 0.29) is 11.3 Å². The van der Waals surface area contributed by atoms with Gasteiger partial charge in [0, 0.05) is 25.6 Å². The van der Waals surface area contributed by atoms with Crippen molar-refractivity contribution in [3.63, 3.8) is 0 Å². The Morgan fingerprint density at radius 3 is 2.70 bits per heavy atom. The summed E-state index contributed by atoms with van der Waals surface area (Å²) in [5.41, 5.74) is 1.02. The average Bonchev–Trinajstić information content (AvgIpc) is 3.36. The zero-order valence-corrected chi connectivity index (χ0v) is 16.4. The predicted molar refractivity (Wildman–Crippen MR) is 104 cm³/mol. The van der Waals surface area contributed by atoms with Gasteiger partial charge in [-0.3, -0.25) is 19.6 Å². The summed E-state index contributed by atoms with van der Waals surface area (Å²) in [6.07, 6.45) is 8.83. The van der Waals surface area contributed by atoms with Gasteiger partial charge in [-0.05, 0) is 56.3 Å². The molecule has 2 aliphatic heterocycles. The third-order valence-electron chi connectivity index (χ3n) is 8.01. The lowest BCUT2D eigenvalue weighted by Crippen LogP contribution is -2.51. The summed E-state index contributed by atoms with van der Waals surface area (Å²) < 4.78 is 2.18. The van der Waals surface area contributed by atoms with Crippen molar-refractivity contribution in [2.24, 2.45) is 29.8 Å². The summed E-state index contributed by atoms with van der Waals surface area (Å²) in [5, 5.41) is 0. The number of anilines is 1. The van der Waals surface area contributed by atoms with Gasteiger partial charge >= 0.3 is 0 Å². The minimum absolute atomic E-state index is 0.103. The highest BCUT2D eigenvalue weighted by Crippen LogP contribution is 2.65. The first-order valence-electron chi connectivity index (χ1n) is 10.8. The summed E-state index contributed by atoms with van der Waals surface area (Å²) in [7, 11) is 2.09. The van der Waals surface area contributed by atoms with Gasteiger partial charge in [0.05, 0.1) is 6.54 Å². The number of hydrogen-bond donors (Lipinski definition) is 0. The summed E-state index contributed by atoms with van der Waals surface area (Å²) in [4.78, 5) is 27.4. The molecule has 144 valence electrons. The van der Waals surface area contributed by atoms with Crippen molar-refractivity contribution in [3.8, 4) is 0 Å². The highest BCUT2D eigenvalue weighted by atomic mass is 16.2. The van der Waals surface area contributed by atoms with E-state index < -0.39 is 0 Å². The van der Waals surface area contributed by atoms with Gasteiger partial charge < -0.3 is 4.57 Å². The molecule has 2 unspecified atom stereocenters. The smallest absolute Gasteiger partial charge is 0.281 e. The van der Waals surface area contributed by atoms with Crippen LogP contribution in [0.3, 0.4) is 0 Å². The number of amides is 1. The van der Waals surface area contributed by atoms with Gasteiger partial charge in [-0.2, -0.15) is 0 Å². The van der Waals surface area contributed by atoms with Gasteiger partial charge in [-0.25, -0.2) is 4.98 Å². The maximum atomic E-state index is 13.4. The number of unbranched alkanes of at least 4 members (excludes halogenated alkanes) is 1. The molecule has 4 fully saturated rings. The Balaban J connectivity index is 1.47. The molecule has 1 aromatic heterocycles. The van der Waals surface area contributed by atoms with Crippen molar-refractivity contribution >= 4 is 17.7 Å². The third-order valence-corrected chi connectivity index (χ3v) is 8.01. The van der Waals surface area contributed by atoms with E-state index in [4.69, 9.17) is 4.98 Å². The fourth-order valence-electron chi connectivity index (χ4n) is 7.12. The zero-order valence-electron chi connectivity index (χ0n) is 16.4. The molecule has 4 saturated carbocycles. The van der Waals surface area contributed by atoms with Crippen LogP contribution in [0.5, 0.6) is 0 Å². The van der Waals surface area contributed by atoms with E-state index in [0.29, 0.717) is 0 Å². The van der Waals surface area contributed by atoms with Crippen molar-refractivity contribution in [2.75, 3.05) is 24.5 Å². The number of fused-ring (bicyclic) bond motifs is 3. The van der Waals surface area contributed by atoms with Crippen molar-refractivity contribution in [3.05, 3.63) is 11.5 Å². The molecule has 0 N–H and O–H groups in total. The van der Waals surface area contributed by atoms with Crippen LogP contribution in [0.15, 0.2) is 4.99 Å². The number of guanidine groups is 1. The molecule has 4 aliphatic carbocycles. The van der Waals surface area contributed by atoms with Gasteiger partial charge in [0.25, 0.3) is 5.91 Å². The number of carbonyl (C=O) groups excluding carboxylic acids is 1. The molecular formula is C21H29N5O. The Morgan fingerprint density at radius 1 is 1.19 bits per heavy atom. The molecule has 1 amide bonds. The molecular weight excluding hydrogens is 338 g/mol. The Labute approximate surface area is 160 Å². The fourth-order valence-corrected chi connectivity index (χ4v) is 7.12. The quantitative estimate of drug-likeness (QED) is 0.822. The lowest BCUT2D eigenvalue weighted by atomic mass is 9.75. The first kappa shape index (κ1) is 16.1. The van der Waals surface area contributed by atoms with E-state index in [1.165, 1.54) is 37.9 Å². The molecule has 0 saturated heterocycles. The van der Waals surface area contributed by atoms with Gasteiger partial charge in [-0.15, -0.1) is 0 Å². The van der Waals surface area contributed by atoms with E-state index in [1.807, 2.05) is 4.90 Å². The molecule has 0 spiro atoms. The van der Waals surface area contributed by atoms with Crippen LogP contribution in [0.2, 0.25) is 0 Å². The van der Waals surface area contributed by atoms with E-state index in [0.717, 1.165) is 67.7 Å². The predicted octanol–water partition coefficient (Wildman–Crippen LogP) is 2.93. The van der Waals surface area contributed by atoms with Gasteiger partial charge in [0.2, 0.25) is 5.96 Å². The van der Waals surface area contributed by atoms with Crippen LogP contribution in [-0.4, -0.2) is 46.0 Å². The van der Waals surface area contributed by atoms with E-state index >= 15 is 0 Å². The monoisotopic (exact) mass is 367 g/mol. The molecule has 7 rings (SSSR count). The Morgan fingerprint density at radius 2 is 1.96 bits per heavy atom. The molecule has 6 aliphatic rings. The summed E-state index contributed by atoms with van der Waals surface area (Å²) in [6.45, 7) is 4.52. The minimum Gasteiger partial charge on any atom is -0.325 e. The first-order valence-corrected chi connectivity index (χ1v) is 10.8. The minimum atomic E-state index is 0.103. The van der Waals surface area contributed by atoms with Crippen LogP contribution >= 0.6 is 0 Å². The van der Waals surface area contributed by atoms with E-state index in [2.05, 4.69) is 28.4 Å². The number of aliphatic imine (C=N–C) groups is 1. The van der Waals surface area contributed by atoms with Gasteiger partial charge in [0.15, 0.2) is 11.5 Å². The molecule has 6 nitrogen and oxygen atoms in total. The topological polar surface area (TPSA) is 53.7 Å². The van der Waals surface area contributed by atoms with E-state index in [9.17, 15) is 4.79 Å². The Hall–Kier alpha value is -1.85. The number of nitrogens with zero attached hydrogens (tertiary/aromatic N) is 5. The molecule has 2 atom stereocenters. The van der Waals surface area contributed by atoms with Crippen LogP contribution in [0.4, 0.5) is 5.82 Å². The molecule has 1 aromatic rings. The largest absolute Gasteiger partial charge is 0.325 e. The maximum absolute atomic E-state index is 13.4. The second kappa shape index (κ2) is 5.36. The number of imidazole rings is 1. The van der Waals surface area contributed by atoms with Crippen molar-refractivity contribution < 1.29 is 4.79 Å². The van der Waals surface area contributed by atoms with E-state index in [1.54, 1.807) is 0 Å². The standard InChI is InChI=1S/C21H29N5O/c1-3-4-6-26-18(27)16-17(25-7-5-22-20(25)26)23-19(24(16)2)21-11-13-8-14(12-21)10-15(21)9-13/h13-15H,3-12H2,1-2H3. The van der Waals surface area contributed by atoms with Crippen molar-refractivity contribution in [1.29, 1.82) is 0 Å². The lowest BCUT2D eigenvalue weighted by molar-refractivity contribution is 0.0829. The highest BCUT2D eigenvalue weighted by molar-refractivity contribution is 6.18. The molecule has 6 heteroatoms. The SMILES string of the molecule is CCCCN1C(=O)c2c(nc(C34CC5CC(CC3C5)C4)n2C)N2CCN=C12. The highest BCUT2D eigenvalue weighted by Gasteiger charge is 2.61. The first-order chi connectivity index (χ1) is 13.1. The summed E-state index contributed by atoms with van der Waals surface area (Å²) in [6, 6.07) is 0. The Kier molecular flexibility index (Phi) is 3.20.